The van der Waals surface area contributed by atoms with Crippen LogP contribution in [0.25, 0.3) is 11.0 Å². The second-order valence-corrected chi connectivity index (χ2v) is 7.96. The van der Waals surface area contributed by atoms with Crippen LogP contribution in [-0.4, -0.2) is 49.6 Å². The maximum atomic E-state index is 12.1. The third-order valence-electron chi connectivity index (χ3n) is 3.28. The van der Waals surface area contributed by atoms with Crippen molar-refractivity contribution < 1.29 is 32.6 Å². The lowest BCUT2D eigenvalue weighted by molar-refractivity contribution is 0.0699. The number of ether oxygens (including phenoxy) is 1. The Morgan fingerprint density at radius 2 is 1.96 bits per heavy atom. The summed E-state index contributed by atoms with van der Waals surface area (Å²) in [6.07, 6.45) is -0.203. The number of nitrogens with zero attached hydrogens (tertiary/aromatic N) is 1. The van der Waals surface area contributed by atoms with E-state index in [1.807, 2.05) is 13.8 Å². The monoisotopic (exact) mass is 371 g/mol. The molecule has 2 N–H and O–H groups in total. The van der Waals surface area contributed by atoms with Gasteiger partial charge in [-0.1, -0.05) is 0 Å². The SMILES string of the molecule is CC(O)CN(c1oc2ccc(OC(C)C)cc2c1C(=O)O)S(C)(=O)=O. The number of hydrogen-bond acceptors (Lipinski definition) is 6. The third kappa shape index (κ3) is 4.23. The Labute approximate surface area is 145 Å². The minimum absolute atomic E-state index is 0.111. The van der Waals surface area contributed by atoms with Crippen LogP contribution in [-0.2, 0) is 10.0 Å². The van der Waals surface area contributed by atoms with Gasteiger partial charge in [0.15, 0.2) is 0 Å². The fraction of sp³-hybridized carbons (Fsp3) is 0.438. The van der Waals surface area contributed by atoms with Gasteiger partial charge in [0.25, 0.3) is 0 Å². The zero-order valence-corrected chi connectivity index (χ0v) is 15.2. The highest BCUT2D eigenvalue weighted by atomic mass is 32.2. The molecule has 0 radical (unpaired) electrons. The maximum absolute atomic E-state index is 12.1. The third-order valence-corrected chi connectivity index (χ3v) is 4.40. The number of rotatable bonds is 7. The summed E-state index contributed by atoms with van der Waals surface area (Å²) in [6.45, 7) is 4.73. The summed E-state index contributed by atoms with van der Waals surface area (Å²) in [6, 6.07) is 4.63. The van der Waals surface area contributed by atoms with E-state index in [1.54, 1.807) is 6.07 Å². The van der Waals surface area contributed by atoms with Gasteiger partial charge in [-0.3, -0.25) is 0 Å². The van der Waals surface area contributed by atoms with E-state index in [0.717, 1.165) is 10.6 Å². The number of aromatic carboxylic acids is 1. The first kappa shape index (κ1) is 19.1. The summed E-state index contributed by atoms with van der Waals surface area (Å²) < 4.78 is 36.0. The molecule has 25 heavy (non-hydrogen) atoms. The Kier molecular flexibility index (Phi) is 5.28. The van der Waals surface area contributed by atoms with Gasteiger partial charge < -0.3 is 19.4 Å². The molecule has 8 nitrogen and oxygen atoms in total. The number of aliphatic hydroxyl groups excluding tert-OH is 1. The number of carbonyl (C=O) groups is 1. The quantitative estimate of drug-likeness (QED) is 0.765. The van der Waals surface area contributed by atoms with Crippen molar-refractivity contribution >= 4 is 32.8 Å². The van der Waals surface area contributed by atoms with Crippen molar-refractivity contribution in [2.24, 2.45) is 0 Å². The van der Waals surface area contributed by atoms with Crippen LogP contribution in [0, 0.1) is 0 Å². The molecule has 0 fully saturated rings. The molecule has 2 rings (SSSR count). The molecule has 1 aromatic carbocycles. The van der Waals surface area contributed by atoms with Gasteiger partial charge in [0.2, 0.25) is 15.9 Å². The van der Waals surface area contributed by atoms with Crippen molar-refractivity contribution in [3.63, 3.8) is 0 Å². The molecule has 9 heteroatoms. The molecule has 0 spiro atoms. The topological polar surface area (TPSA) is 117 Å². The number of benzene rings is 1. The van der Waals surface area contributed by atoms with E-state index in [9.17, 15) is 23.4 Å². The van der Waals surface area contributed by atoms with Crippen molar-refractivity contribution in [3.05, 3.63) is 23.8 Å². The number of furan rings is 1. The van der Waals surface area contributed by atoms with Crippen LogP contribution >= 0.6 is 0 Å². The molecular formula is C16H21NO7S. The molecule has 0 aliphatic carbocycles. The molecule has 0 aliphatic heterocycles. The van der Waals surface area contributed by atoms with Crippen LogP contribution in [0.4, 0.5) is 5.88 Å². The number of anilines is 1. The number of carboxylic acids is 1. The zero-order valence-electron chi connectivity index (χ0n) is 14.4. The fourth-order valence-electron chi connectivity index (χ4n) is 2.40. The van der Waals surface area contributed by atoms with Gasteiger partial charge in [-0.2, -0.15) is 0 Å². The summed E-state index contributed by atoms with van der Waals surface area (Å²) in [5.74, 6) is -1.24. The molecule has 0 saturated carbocycles. The summed E-state index contributed by atoms with van der Waals surface area (Å²) in [5, 5.41) is 19.4. The molecule has 1 unspecified atom stereocenters. The van der Waals surface area contributed by atoms with Crippen molar-refractivity contribution in [1.29, 1.82) is 0 Å². The van der Waals surface area contributed by atoms with Crippen LogP contribution in [0.2, 0.25) is 0 Å². The van der Waals surface area contributed by atoms with E-state index >= 15 is 0 Å². The smallest absolute Gasteiger partial charge is 0.341 e. The number of fused-ring (bicyclic) bond motifs is 1. The van der Waals surface area contributed by atoms with E-state index in [2.05, 4.69) is 0 Å². The fourth-order valence-corrected chi connectivity index (χ4v) is 3.32. The second-order valence-electron chi connectivity index (χ2n) is 6.06. The Morgan fingerprint density at radius 3 is 2.44 bits per heavy atom. The van der Waals surface area contributed by atoms with E-state index in [1.165, 1.54) is 19.1 Å². The zero-order chi connectivity index (χ0) is 18.9. The molecule has 2 aromatic rings. The van der Waals surface area contributed by atoms with Crippen LogP contribution < -0.4 is 9.04 Å². The Bertz CT molecular complexity index is 883. The molecule has 138 valence electrons. The van der Waals surface area contributed by atoms with Crippen LogP contribution in [0.15, 0.2) is 22.6 Å². The van der Waals surface area contributed by atoms with Crippen molar-refractivity contribution in [2.75, 3.05) is 17.1 Å². The van der Waals surface area contributed by atoms with Gasteiger partial charge in [-0.25, -0.2) is 17.5 Å². The van der Waals surface area contributed by atoms with E-state index < -0.39 is 22.1 Å². The van der Waals surface area contributed by atoms with Crippen molar-refractivity contribution in [2.45, 2.75) is 33.0 Å². The maximum Gasteiger partial charge on any atom is 0.341 e. The predicted octanol–water partition coefficient (Wildman–Crippen LogP) is 2.07. The molecule has 0 amide bonds. The highest BCUT2D eigenvalue weighted by Gasteiger charge is 2.31. The average molecular weight is 371 g/mol. The lowest BCUT2D eigenvalue weighted by Crippen LogP contribution is -2.36. The average Bonchev–Trinajstić information content (AvgIpc) is 2.80. The lowest BCUT2D eigenvalue weighted by Gasteiger charge is -2.21. The van der Waals surface area contributed by atoms with Gasteiger partial charge in [-0.05, 0) is 39.0 Å². The van der Waals surface area contributed by atoms with E-state index in [4.69, 9.17) is 9.15 Å². The highest BCUT2D eigenvalue weighted by molar-refractivity contribution is 7.92. The molecule has 1 aromatic heterocycles. The minimum atomic E-state index is -3.86. The molecule has 1 heterocycles. The number of aliphatic hydroxyl groups is 1. The lowest BCUT2D eigenvalue weighted by atomic mass is 10.1. The molecule has 0 bridgehead atoms. The number of carboxylic acid groups (broad SMARTS) is 1. The van der Waals surface area contributed by atoms with Crippen LogP contribution in [0.5, 0.6) is 5.75 Å². The van der Waals surface area contributed by atoms with Gasteiger partial charge in [0.05, 0.1) is 25.0 Å². The summed E-state index contributed by atoms with van der Waals surface area (Å²) in [5.41, 5.74) is -0.0852. The highest BCUT2D eigenvalue weighted by Crippen LogP contribution is 2.36. The Hall–Kier alpha value is -2.26. The normalized spacial score (nSPS) is 13.2. The van der Waals surface area contributed by atoms with Gasteiger partial charge in [0, 0.05) is 5.39 Å². The molecule has 0 saturated heterocycles. The van der Waals surface area contributed by atoms with E-state index in [0.29, 0.717) is 5.75 Å². The largest absolute Gasteiger partial charge is 0.491 e. The first-order valence-electron chi connectivity index (χ1n) is 7.63. The van der Waals surface area contributed by atoms with Gasteiger partial charge >= 0.3 is 5.97 Å². The first-order valence-corrected chi connectivity index (χ1v) is 9.47. The van der Waals surface area contributed by atoms with Gasteiger partial charge in [0.1, 0.15) is 16.9 Å². The predicted molar refractivity (Wildman–Crippen MR) is 92.8 cm³/mol. The number of hydrogen-bond donors (Lipinski definition) is 2. The van der Waals surface area contributed by atoms with Crippen molar-refractivity contribution in [3.8, 4) is 5.75 Å². The standard InChI is InChI=1S/C16H21NO7S/c1-9(2)23-11-5-6-13-12(7-11)14(16(19)20)15(24-13)17(8-10(3)18)25(4,21)22/h5-7,9-10,18H,8H2,1-4H3,(H,19,20). The summed E-state index contributed by atoms with van der Waals surface area (Å²) in [7, 11) is -3.86. The van der Waals surface area contributed by atoms with Gasteiger partial charge in [-0.15, -0.1) is 0 Å². The first-order chi connectivity index (χ1) is 11.5. The molecule has 0 aliphatic rings. The summed E-state index contributed by atoms with van der Waals surface area (Å²) in [4.78, 5) is 11.8. The minimum Gasteiger partial charge on any atom is -0.491 e. The Morgan fingerprint density at radius 1 is 1.32 bits per heavy atom. The second kappa shape index (κ2) is 6.93. The van der Waals surface area contributed by atoms with E-state index in [-0.39, 0.29) is 35.1 Å². The number of sulfonamides is 1. The molecule has 1 atom stereocenters. The van der Waals surface area contributed by atoms with Crippen LogP contribution in [0.3, 0.4) is 0 Å². The Balaban J connectivity index is 2.70. The summed E-state index contributed by atoms with van der Waals surface area (Å²) >= 11 is 0. The van der Waals surface area contributed by atoms with Crippen molar-refractivity contribution in [1.82, 2.24) is 0 Å². The molecular weight excluding hydrogens is 350 g/mol. The van der Waals surface area contributed by atoms with Crippen LogP contribution in [0.1, 0.15) is 31.1 Å².